The van der Waals surface area contributed by atoms with E-state index in [4.69, 9.17) is 10.5 Å². The van der Waals surface area contributed by atoms with Crippen molar-refractivity contribution in [2.75, 3.05) is 6.61 Å². The Bertz CT molecular complexity index is 305. The van der Waals surface area contributed by atoms with Gasteiger partial charge in [-0.15, -0.1) is 0 Å². The molecule has 2 unspecified atom stereocenters. The first kappa shape index (κ1) is 13.2. The minimum atomic E-state index is -0.0423. The van der Waals surface area contributed by atoms with Crippen LogP contribution in [0.15, 0.2) is 24.3 Å². The first-order valence-electron chi connectivity index (χ1n) is 5.94. The summed E-state index contributed by atoms with van der Waals surface area (Å²) >= 11 is 0. The SMILES string of the molecule is Cc1ccc(C(N)C(C)OCC(C)C)cc1. The van der Waals surface area contributed by atoms with Crippen LogP contribution in [0.3, 0.4) is 0 Å². The lowest BCUT2D eigenvalue weighted by molar-refractivity contribution is 0.0314. The van der Waals surface area contributed by atoms with E-state index in [1.807, 2.05) is 6.92 Å². The van der Waals surface area contributed by atoms with Crippen LogP contribution in [0.2, 0.25) is 0 Å². The Balaban J connectivity index is 2.56. The lowest BCUT2D eigenvalue weighted by atomic mass is 10.0. The number of ether oxygens (including phenoxy) is 1. The zero-order valence-electron chi connectivity index (χ0n) is 10.7. The quantitative estimate of drug-likeness (QED) is 0.829. The number of rotatable bonds is 5. The molecule has 2 N–H and O–H groups in total. The lowest BCUT2D eigenvalue weighted by Crippen LogP contribution is -2.27. The van der Waals surface area contributed by atoms with Gasteiger partial charge >= 0.3 is 0 Å². The van der Waals surface area contributed by atoms with Crippen molar-refractivity contribution in [3.8, 4) is 0 Å². The maximum Gasteiger partial charge on any atom is 0.0739 e. The first-order chi connectivity index (χ1) is 7.50. The highest BCUT2D eigenvalue weighted by Crippen LogP contribution is 2.17. The molecular formula is C14H23NO. The summed E-state index contributed by atoms with van der Waals surface area (Å²) in [6.45, 7) is 9.16. The summed E-state index contributed by atoms with van der Waals surface area (Å²) in [6.07, 6.45) is 0.0603. The second-order valence-electron chi connectivity index (χ2n) is 4.87. The summed E-state index contributed by atoms with van der Waals surface area (Å²) in [6, 6.07) is 8.29. The van der Waals surface area contributed by atoms with Crippen LogP contribution >= 0.6 is 0 Å². The van der Waals surface area contributed by atoms with E-state index < -0.39 is 0 Å². The molecule has 1 aromatic rings. The molecule has 0 radical (unpaired) electrons. The van der Waals surface area contributed by atoms with Crippen molar-refractivity contribution in [2.45, 2.75) is 39.8 Å². The molecule has 0 saturated carbocycles. The van der Waals surface area contributed by atoms with Gasteiger partial charge in [-0.3, -0.25) is 0 Å². The molecule has 0 amide bonds. The number of hydrogen-bond acceptors (Lipinski definition) is 2. The Morgan fingerprint density at radius 3 is 2.19 bits per heavy atom. The van der Waals surface area contributed by atoms with Gasteiger partial charge in [0.1, 0.15) is 0 Å². The minimum absolute atomic E-state index is 0.0423. The second-order valence-corrected chi connectivity index (χ2v) is 4.87. The van der Waals surface area contributed by atoms with Gasteiger partial charge in [-0.05, 0) is 25.3 Å². The summed E-state index contributed by atoms with van der Waals surface area (Å²) in [4.78, 5) is 0. The molecule has 16 heavy (non-hydrogen) atoms. The fraction of sp³-hybridized carbons (Fsp3) is 0.571. The standard InChI is InChI=1S/C14H23NO/c1-10(2)9-16-12(4)14(15)13-7-5-11(3)6-8-13/h5-8,10,12,14H,9,15H2,1-4H3. The van der Waals surface area contributed by atoms with Gasteiger partial charge in [-0.1, -0.05) is 43.7 Å². The molecule has 0 fully saturated rings. The van der Waals surface area contributed by atoms with Crippen molar-refractivity contribution in [1.82, 2.24) is 0 Å². The van der Waals surface area contributed by atoms with Crippen LogP contribution in [-0.4, -0.2) is 12.7 Å². The molecule has 0 heterocycles. The molecule has 2 heteroatoms. The molecule has 1 aromatic carbocycles. The van der Waals surface area contributed by atoms with E-state index in [-0.39, 0.29) is 12.1 Å². The summed E-state index contributed by atoms with van der Waals surface area (Å²) in [5.74, 6) is 0.549. The van der Waals surface area contributed by atoms with Crippen molar-refractivity contribution in [3.05, 3.63) is 35.4 Å². The van der Waals surface area contributed by atoms with Crippen LogP contribution in [0.25, 0.3) is 0 Å². The van der Waals surface area contributed by atoms with E-state index in [1.54, 1.807) is 0 Å². The molecular weight excluding hydrogens is 198 g/mol. The van der Waals surface area contributed by atoms with E-state index in [2.05, 4.69) is 45.0 Å². The normalized spacial score (nSPS) is 15.1. The number of nitrogens with two attached hydrogens (primary N) is 1. The average molecular weight is 221 g/mol. The molecule has 0 saturated heterocycles. The van der Waals surface area contributed by atoms with E-state index in [0.29, 0.717) is 5.92 Å². The van der Waals surface area contributed by atoms with Crippen LogP contribution in [0.4, 0.5) is 0 Å². The van der Waals surface area contributed by atoms with E-state index in [1.165, 1.54) is 5.56 Å². The Labute approximate surface area is 98.8 Å². The largest absolute Gasteiger partial charge is 0.376 e. The van der Waals surface area contributed by atoms with Crippen molar-refractivity contribution >= 4 is 0 Å². The van der Waals surface area contributed by atoms with Crippen LogP contribution in [0.5, 0.6) is 0 Å². The third kappa shape index (κ3) is 3.95. The highest BCUT2D eigenvalue weighted by molar-refractivity contribution is 5.24. The van der Waals surface area contributed by atoms with Gasteiger partial charge in [-0.2, -0.15) is 0 Å². The van der Waals surface area contributed by atoms with Gasteiger partial charge in [0.05, 0.1) is 12.1 Å². The predicted molar refractivity (Wildman–Crippen MR) is 68.4 cm³/mol. The Morgan fingerprint density at radius 1 is 1.12 bits per heavy atom. The topological polar surface area (TPSA) is 35.2 Å². The Hall–Kier alpha value is -0.860. The van der Waals surface area contributed by atoms with E-state index in [9.17, 15) is 0 Å². The monoisotopic (exact) mass is 221 g/mol. The zero-order valence-corrected chi connectivity index (χ0v) is 10.7. The molecule has 0 spiro atoms. The summed E-state index contributed by atoms with van der Waals surface area (Å²) < 4.78 is 5.72. The van der Waals surface area contributed by atoms with Crippen LogP contribution < -0.4 is 5.73 Å². The smallest absolute Gasteiger partial charge is 0.0739 e. The molecule has 0 aliphatic rings. The molecule has 0 aromatic heterocycles. The fourth-order valence-electron chi connectivity index (χ4n) is 1.51. The summed E-state index contributed by atoms with van der Waals surface area (Å²) in [7, 11) is 0. The number of benzene rings is 1. The van der Waals surface area contributed by atoms with Gasteiger partial charge in [0.25, 0.3) is 0 Å². The maximum atomic E-state index is 6.15. The van der Waals surface area contributed by atoms with Crippen molar-refractivity contribution in [3.63, 3.8) is 0 Å². The maximum absolute atomic E-state index is 6.15. The molecule has 2 nitrogen and oxygen atoms in total. The second kappa shape index (κ2) is 6.02. The number of aryl methyl sites for hydroxylation is 1. The molecule has 0 aliphatic heterocycles. The summed E-state index contributed by atoms with van der Waals surface area (Å²) in [5, 5.41) is 0. The minimum Gasteiger partial charge on any atom is -0.376 e. The Morgan fingerprint density at radius 2 is 1.69 bits per heavy atom. The molecule has 1 rings (SSSR count). The van der Waals surface area contributed by atoms with Gasteiger partial charge < -0.3 is 10.5 Å². The molecule has 90 valence electrons. The zero-order chi connectivity index (χ0) is 12.1. The van der Waals surface area contributed by atoms with Crippen LogP contribution in [0, 0.1) is 12.8 Å². The highest BCUT2D eigenvalue weighted by Gasteiger charge is 2.15. The third-order valence-electron chi connectivity index (χ3n) is 2.66. The lowest BCUT2D eigenvalue weighted by Gasteiger charge is -2.22. The molecule has 0 aliphatic carbocycles. The van der Waals surface area contributed by atoms with Gasteiger partial charge in [0.2, 0.25) is 0 Å². The predicted octanol–water partition coefficient (Wildman–Crippen LogP) is 3.06. The van der Waals surface area contributed by atoms with Gasteiger partial charge in [0.15, 0.2) is 0 Å². The molecule has 2 atom stereocenters. The molecule has 0 bridgehead atoms. The van der Waals surface area contributed by atoms with E-state index in [0.717, 1.165) is 12.2 Å². The number of hydrogen-bond donors (Lipinski definition) is 1. The van der Waals surface area contributed by atoms with Gasteiger partial charge in [0, 0.05) is 6.61 Å². The van der Waals surface area contributed by atoms with Crippen LogP contribution in [0.1, 0.15) is 37.9 Å². The van der Waals surface area contributed by atoms with Crippen LogP contribution in [-0.2, 0) is 4.74 Å². The van der Waals surface area contributed by atoms with Gasteiger partial charge in [-0.25, -0.2) is 0 Å². The van der Waals surface area contributed by atoms with Crippen molar-refractivity contribution < 1.29 is 4.74 Å². The highest BCUT2D eigenvalue weighted by atomic mass is 16.5. The van der Waals surface area contributed by atoms with Crippen molar-refractivity contribution in [2.24, 2.45) is 11.7 Å². The third-order valence-corrected chi connectivity index (χ3v) is 2.66. The van der Waals surface area contributed by atoms with E-state index >= 15 is 0 Å². The average Bonchev–Trinajstić information content (AvgIpc) is 2.26. The Kier molecular flexibility index (Phi) is 4.97. The fourth-order valence-corrected chi connectivity index (χ4v) is 1.51. The first-order valence-corrected chi connectivity index (χ1v) is 5.94. The van der Waals surface area contributed by atoms with Crippen molar-refractivity contribution in [1.29, 1.82) is 0 Å². The summed E-state index contributed by atoms with van der Waals surface area (Å²) in [5.41, 5.74) is 8.55.